The number of ether oxygens (including phenoxy) is 1. The van der Waals surface area contributed by atoms with Gasteiger partial charge in [-0.3, -0.25) is 4.79 Å². The first-order valence-electron chi connectivity index (χ1n) is 10.5. The number of nitrogens with zero attached hydrogens (tertiary/aromatic N) is 2. The molecule has 1 heterocycles. The predicted octanol–water partition coefficient (Wildman–Crippen LogP) is 2.96. The van der Waals surface area contributed by atoms with Crippen LogP contribution in [0.3, 0.4) is 0 Å². The van der Waals surface area contributed by atoms with Crippen LogP contribution in [0.2, 0.25) is 0 Å². The highest BCUT2D eigenvalue weighted by Gasteiger charge is 2.16. The summed E-state index contributed by atoms with van der Waals surface area (Å²) in [7, 11) is -1.04. The van der Waals surface area contributed by atoms with Gasteiger partial charge >= 0.3 is 8.25 Å². The van der Waals surface area contributed by atoms with Crippen molar-refractivity contribution in [1.29, 1.82) is 0 Å². The van der Waals surface area contributed by atoms with Crippen molar-refractivity contribution in [1.82, 2.24) is 15.3 Å². The van der Waals surface area contributed by atoms with E-state index in [9.17, 15) is 9.36 Å². The molecule has 0 radical (unpaired) electrons. The third-order valence-electron chi connectivity index (χ3n) is 4.77. The number of hydrogen-bond donors (Lipinski definition) is 4. The second-order valence-electron chi connectivity index (χ2n) is 7.16. The monoisotopic (exact) mass is 464 g/mol. The van der Waals surface area contributed by atoms with Gasteiger partial charge in [0, 0.05) is 40.9 Å². The van der Waals surface area contributed by atoms with E-state index in [4.69, 9.17) is 15.4 Å². The molecule has 1 amide bonds. The molecule has 1 aromatic heterocycles. The summed E-state index contributed by atoms with van der Waals surface area (Å²) in [5.41, 5.74) is 8.79. The van der Waals surface area contributed by atoms with Crippen molar-refractivity contribution in [2.45, 2.75) is 39.5 Å². The van der Waals surface area contributed by atoms with Crippen LogP contribution in [0.1, 0.15) is 53.4 Å². The number of rotatable bonds is 13. The fraction of sp³-hybridized carbons (Fsp3) is 0.476. The van der Waals surface area contributed by atoms with Crippen LogP contribution in [-0.2, 0) is 15.5 Å². The van der Waals surface area contributed by atoms with E-state index in [1.165, 1.54) is 0 Å². The number of methoxy groups -OCH3 is 1. The molecule has 1 atom stereocenters. The van der Waals surface area contributed by atoms with E-state index in [0.29, 0.717) is 36.5 Å². The quantitative estimate of drug-likeness (QED) is 0.259. The molecule has 10 nitrogen and oxygen atoms in total. The highest BCUT2D eigenvalue weighted by molar-refractivity contribution is 7.32. The maximum Gasteiger partial charge on any atom is 0.694 e. The lowest BCUT2D eigenvalue weighted by Gasteiger charge is -2.16. The summed E-state index contributed by atoms with van der Waals surface area (Å²) in [5.74, 6) is 1.29. The van der Waals surface area contributed by atoms with Crippen LogP contribution in [-0.4, -0.2) is 47.6 Å². The Labute approximate surface area is 188 Å². The molecule has 0 saturated heterocycles. The molecule has 2 rings (SSSR count). The lowest BCUT2D eigenvalue weighted by molar-refractivity contribution is 0.0951. The van der Waals surface area contributed by atoms with Gasteiger partial charge in [0.05, 0.1) is 7.11 Å². The van der Waals surface area contributed by atoms with Crippen LogP contribution in [0.15, 0.2) is 18.2 Å². The first kappa shape index (κ1) is 25.5. The average Bonchev–Trinajstić information content (AvgIpc) is 2.75. The Morgan fingerprint density at radius 2 is 2.03 bits per heavy atom. The number of carbonyl (C=O) groups excluding carboxylic acids is 1. The number of amides is 1. The third-order valence-corrected chi connectivity index (χ3v) is 5.18. The van der Waals surface area contributed by atoms with Crippen LogP contribution < -0.4 is 21.1 Å². The Kier molecular flexibility index (Phi) is 10.3. The molecule has 2 aromatic rings. The SMILES string of the molecule is CCCCNc1nc(N)nc(C)c1Cc1cc(C(=O)NCCCO[P+](=O)O)ccc1OC. The first-order valence-corrected chi connectivity index (χ1v) is 11.6. The second-order valence-corrected chi connectivity index (χ2v) is 7.89. The molecule has 5 N–H and O–H groups in total. The minimum atomic E-state index is -2.62. The standard InChI is InChI=1S/C21H30N5O5P/c1-4-5-9-23-19-17(14(2)25-21(22)26-19)13-16-12-15(7-8-18(16)30-3)20(27)24-10-6-11-31-32(28)29/h7-8,12H,4-6,9-11,13H2,1-3H3,(H4-,22,23,24,25,26,27,28,29)/p+1. The highest BCUT2D eigenvalue weighted by Crippen LogP contribution is 2.27. The van der Waals surface area contributed by atoms with Crippen molar-refractivity contribution in [3.8, 4) is 5.75 Å². The molecule has 174 valence electrons. The van der Waals surface area contributed by atoms with E-state index in [1.807, 2.05) is 6.92 Å². The molecule has 0 bridgehead atoms. The van der Waals surface area contributed by atoms with Crippen LogP contribution in [0.4, 0.5) is 11.8 Å². The summed E-state index contributed by atoms with van der Waals surface area (Å²) in [6.45, 7) is 5.17. The maximum atomic E-state index is 12.5. The number of nitrogens with two attached hydrogens (primary N) is 1. The normalized spacial score (nSPS) is 11.2. The van der Waals surface area contributed by atoms with E-state index in [-0.39, 0.29) is 18.5 Å². The largest absolute Gasteiger partial charge is 0.694 e. The van der Waals surface area contributed by atoms with Crippen molar-refractivity contribution in [3.63, 3.8) is 0 Å². The minimum Gasteiger partial charge on any atom is -0.496 e. The molecule has 1 unspecified atom stereocenters. The van der Waals surface area contributed by atoms with Crippen molar-refractivity contribution in [2.24, 2.45) is 0 Å². The molecular weight excluding hydrogens is 433 g/mol. The first-order chi connectivity index (χ1) is 15.3. The zero-order chi connectivity index (χ0) is 23.5. The third kappa shape index (κ3) is 7.71. The number of carbonyl (C=O) groups is 1. The molecular formula is C21H31N5O5P+. The van der Waals surface area contributed by atoms with Gasteiger partial charge in [-0.1, -0.05) is 13.3 Å². The van der Waals surface area contributed by atoms with Gasteiger partial charge in [-0.05, 0) is 43.5 Å². The Hall–Kier alpha value is -2.81. The van der Waals surface area contributed by atoms with Gasteiger partial charge in [0.1, 0.15) is 18.2 Å². The van der Waals surface area contributed by atoms with E-state index < -0.39 is 8.25 Å². The molecule has 1 aromatic carbocycles. The summed E-state index contributed by atoms with van der Waals surface area (Å²) >= 11 is 0. The summed E-state index contributed by atoms with van der Waals surface area (Å²) < 4.78 is 20.6. The number of unbranched alkanes of at least 4 members (excludes halogenated alkanes) is 1. The van der Waals surface area contributed by atoms with Crippen molar-refractivity contribution < 1.29 is 23.5 Å². The Morgan fingerprint density at radius 1 is 1.25 bits per heavy atom. The smallest absolute Gasteiger partial charge is 0.496 e. The van der Waals surface area contributed by atoms with E-state index in [2.05, 4.69) is 32.0 Å². The average molecular weight is 464 g/mol. The number of anilines is 2. The highest BCUT2D eigenvalue weighted by atomic mass is 31.1. The molecule has 0 fully saturated rings. The molecule has 0 aliphatic carbocycles. The zero-order valence-corrected chi connectivity index (χ0v) is 19.6. The Balaban J connectivity index is 2.19. The summed E-state index contributed by atoms with van der Waals surface area (Å²) in [5, 5.41) is 6.11. The van der Waals surface area contributed by atoms with E-state index in [1.54, 1.807) is 25.3 Å². The lowest BCUT2D eigenvalue weighted by Crippen LogP contribution is -2.25. The van der Waals surface area contributed by atoms with E-state index >= 15 is 0 Å². The number of benzene rings is 1. The summed E-state index contributed by atoms with van der Waals surface area (Å²) in [4.78, 5) is 29.8. The van der Waals surface area contributed by atoms with Gasteiger partial charge in [0.25, 0.3) is 5.91 Å². The molecule has 11 heteroatoms. The Bertz CT molecular complexity index is 941. The van der Waals surface area contributed by atoms with Gasteiger partial charge < -0.3 is 21.1 Å². The topological polar surface area (TPSA) is 149 Å². The number of nitrogen functional groups attached to an aromatic ring is 1. The van der Waals surface area contributed by atoms with Crippen molar-refractivity contribution in [2.75, 3.05) is 37.9 Å². The van der Waals surface area contributed by atoms with Gasteiger partial charge in [-0.15, -0.1) is 9.42 Å². The minimum absolute atomic E-state index is 0.0874. The van der Waals surface area contributed by atoms with E-state index in [0.717, 1.165) is 36.2 Å². The van der Waals surface area contributed by atoms with Gasteiger partial charge in [-0.2, -0.15) is 4.98 Å². The van der Waals surface area contributed by atoms with Crippen molar-refractivity contribution in [3.05, 3.63) is 40.6 Å². The Morgan fingerprint density at radius 3 is 2.72 bits per heavy atom. The summed E-state index contributed by atoms with van der Waals surface area (Å²) in [6, 6.07) is 5.22. The fourth-order valence-corrected chi connectivity index (χ4v) is 3.41. The zero-order valence-electron chi connectivity index (χ0n) is 18.7. The number of aromatic nitrogens is 2. The van der Waals surface area contributed by atoms with Crippen LogP contribution in [0.5, 0.6) is 5.75 Å². The van der Waals surface area contributed by atoms with Crippen LogP contribution in [0.25, 0.3) is 0 Å². The number of hydrogen-bond acceptors (Lipinski definition) is 8. The van der Waals surface area contributed by atoms with Gasteiger partial charge in [0.2, 0.25) is 5.95 Å². The molecule has 32 heavy (non-hydrogen) atoms. The van der Waals surface area contributed by atoms with Gasteiger partial charge in [-0.25, -0.2) is 4.98 Å². The predicted molar refractivity (Wildman–Crippen MR) is 123 cm³/mol. The second kappa shape index (κ2) is 12.9. The summed E-state index contributed by atoms with van der Waals surface area (Å²) in [6.07, 6.45) is 2.94. The lowest BCUT2D eigenvalue weighted by atomic mass is 10.0. The molecule has 0 aliphatic rings. The van der Waals surface area contributed by atoms with Gasteiger partial charge in [0.15, 0.2) is 0 Å². The number of aryl methyl sites for hydroxylation is 1. The van der Waals surface area contributed by atoms with Crippen LogP contribution in [0, 0.1) is 6.92 Å². The molecule has 0 aliphatic heterocycles. The number of nitrogens with one attached hydrogen (secondary N) is 2. The molecule has 0 spiro atoms. The van der Waals surface area contributed by atoms with Crippen LogP contribution >= 0.6 is 8.25 Å². The fourth-order valence-electron chi connectivity index (χ4n) is 3.13. The maximum absolute atomic E-state index is 12.5. The van der Waals surface area contributed by atoms with Crippen molar-refractivity contribution >= 4 is 25.9 Å². The molecule has 0 saturated carbocycles.